The topological polar surface area (TPSA) is 129 Å². The summed E-state index contributed by atoms with van der Waals surface area (Å²) in [5, 5.41) is 17.3. The number of urea groups is 1. The number of nitrogens with one attached hydrogen (secondary N) is 2. The maximum Gasteiger partial charge on any atom is 0.337 e. The van der Waals surface area contributed by atoms with Crippen molar-refractivity contribution in [3.8, 4) is 11.5 Å². The van der Waals surface area contributed by atoms with Gasteiger partial charge in [-0.1, -0.05) is 43.2 Å². The van der Waals surface area contributed by atoms with E-state index in [4.69, 9.17) is 14.2 Å². The van der Waals surface area contributed by atoms with Gasteiger partial charge in [-0.3, -0.25) is 10.1 Å². The molecule has 1 heterocycles. The van der Waals surface area contributed by atoms with Crippen molar-refractivity contribution in [1.82, 2.24) is 10.6 Å². The Kier molecular flexibility index (Phi) is 8.30. The second kappa shape index (κ2) is 11.4. The average molecular weight is 484 g/mol. The predicted octanol–water partition coefficient (Wildman–Crippen LogP) is 4.46. The number of hydrogen-bond donors (Lipinski definition) is 2. The van der Waals surface area contributed by atoms with E-state index in [9.17, 15) is 19.7 Å². The fourth-order valence-corrected chi connectivity index (χ4v) is 3.82. The lowest BCUT2D eigenvalue weighted by atomic mass is 9.93. The van der Waals surface area contributed by atoms with Crippen molar-refractivity contribution in [3.63, 3.8) is 0 Å². The van der Waals surface area contributed by atoms with E-state index >= 15 is 0 Å². The number of amides is 2. The third-order valence-corrected chi connectivity index (χ3v) is 5.65. The van der Waals surface area contributed by atoms with Gasteiger partial charge in [0.05, 0.1) is 30.8 Å². The van der Waals surface area contributed by atoms with Gasteiger partial charge in [-0.2, -0.15) is 0 Å². The Balaban J connectivity index is 2.07. The number of carbonyl (C=O) groups is 2. The SMILES string of the molecule is CCCCC1=C(C(=O)OC)C(c2cc(OC)c(OCc3ccc(C)cc3)c([N+](=O)[O-])c2)NC(=O)N1. The fraction of sp³-hybridized carbons (Fsp3) is 0.360. The molecule has 0 aromatic heterocycles. The highest BCUT2D eigenvalue weighted by Crippen LogP contribution is 2.42. The number of carbonyl (C=O) groups excluding carboxylic acids is 2. The van der Waals surface area contributed by atoms with Crippen LogP contribution < -0.4 is 20.1 Å². The maximum absolute atomic E-state index is 12.7. The number of ether oxygens (including phenoxy) is 3. The minimum Gasteiger partial charge on any atom is -0.493 e. The van der Waals surface area contributed by atoms with Crippen LogP contribution >= 0.6 is 0 Å². The van der Waals surface area contributed by atoms with Crippen molar-refractivity contribution in [2.24, 2.45) is 0 Å². The molecule has 0 radical (unpaired) electrons. The Morgan fingerprint density at radius 3 is 2.49 bits per heavy atom. The molecule has 10 nitrogen and oxygen atoms in total. The normalized spacial score (nSPS) is 15.2. The Morgan fingerprint density at radius 1 is 1.17 bits per heavy atom. The highest BCUT2D eigenvalue weighted by Gasteiger charge is 2.35. The Labute approximate surface area is 203 Å². The van der Waals surface area contributed by atoms with Gasteiger partial charge < -0.3 is 24.8 Å². The third kappa shape index (κ3) is 5.89. The molecule has 1 aliphatic rings. The van der Waals surface area contributed by atoms with Crippen molar-refractivity contribution in [3.05, 3.63) is 74.5 Å². The zero-order valence-electron chi connectivity index (χ0n) is 20.2. The van der Waals surface area contributed by atoms with Gasteiger partial charge in [0.1, 0.15) is 6.61 Å². The van der Waals surface area contributed by atoms with Crippen LogP contribution in [0.1, 0.15) is 48.9 Å². The van der Waals surface area contributed by atoms with Crippen molar-refractivity contribution in [2.45, 2.75) is 45.8 Å². The van der Waals surface area contributed by atoms with Gasteiger partial charge >= 0.3 is 17.7 Å². The summed E-state index contributed by atoms with van der Waals surface area (Å²) in [5.41, 5.74) is 2.47. The summed E-state index contributed by atoms with van der Waals surface area (Å²) in [4.78, 5) is 36.5. The summed E-state index contributed by atoms with van der Waals surface area (Å²) in [6.07, 6.45) is 2.03. The summed E-state index contributed by atoms with van der Waals surface area (Å²) in [6, 6.07) is 8.90. The number of aryl methyl sites for hydroxylation is 1. The summed E-state index contributed by atoms with van der Waals surface area (Å²) < 4.78 is 16.2. The van der Waals surface area contributed by atoms with E-state index < -0.39 is 23.0 Å². The highest BCUT2D eigenvalue weighted by atomic mass is 16.6. The van der Waals surface area contributed by atoms with Gasteiger partial charge in [0.25, 0.3) is 0 Å². The molecule has 2 aromatic rings. The summed E-state index contributed by atoms with van der Waals surface area (Å²) in [6.45, 7) is 4.04. The van der Waals surface area contributed by atoms with Crippen LogP contribution in [0.2, 0.25) is 0 Å². The van der Waals surface area contributed by atoms with E-state index in [0.29, 0.717) is 17.7 Å². The van der Waals surface area contributed by atoms with E-state index in [0.717, 1.165) is 24.0 Å². The van der Waals surface area contributed by atoms with Crippen molar-refractivity contribution >= 4 is 17.7 Å². The molecule has 0 saturated heterocycles. The van der Waals surface area contributed by atoms with Crippen molar-refractivity contribution < 1.29 is 28.7 Å². The lowest BCUT2D eigenvalue weighted by Crippen LogP contribution is -2.46. The molecule has 2 N–H and O–H groups in total. The zero-order chi connectivity index (χ0) is 25.5. The van der Waals surface area contributed by atoms with E-state index in [-0.39, 0.29) is 29.4 Å². The molecule has 186 valence electrons. The zero-order valence-corrected chi connectivity index (χ0v) is 20.2. The second-order valence-electron chi connectivity index (χ2n) is 8.12. The number of unbranched alkanes of at least 4 members (excludes halogenated alkanes) is 1. The summed E-state index contributed by atoms with van der Waals surface area (Å²) in [5.74, 6) is -0.583. The Hall–Kier alpha value is -4.08. The Morgan fingerprint density at radius 2 is 1.89 bits per heavy atom. The van der Waals surface area contributed by atoms with Crippen LogP contribution in [0.3, 0.4) is 0 Å². The molecule has 2 aromatic carbocycles. The van der Waals surface area contributed by atoms with Gasteiger partial charge in [0, 0.05) is 11.8 Å². The number of methoxy groups -OCH3 is 2. The van der Waals surface area contributed by atoms with E-state index in [1.807, 2.05) is 38.1 Å². The largest absolute Gasteiger partial charge is 0.493 e. The van der Waals surface area contributed by atoms with Gasteiger partial charge in [0.2, 0.25) is 5.75 Å². The maximum atomic E-state index is 12.7. The summed E-state index contributed by atoms with van der Waals surface area (Å²) >= 11 is 0. The van der Waals surface area contributed by atoms with Crippen molar-refractivity contribution in [1.29, 1.82) is 0 Å². The van der Waals surface area contributed by atoms with Gasteiger partial charge in [-0.25, -0.2) is 9.59 Å². The molecular weight excluding hydrogens is 454 g/mol. The molecular formula is C25H29N3O7. The number of nitro groups is 1. The molecule has 10 heteroatoms. The average Bonchev–Trinajstić information content (AvgIpc) is 2.85. The van der Waals surface area contributed by atoms with Crippen LogP contribution in [0.4, 0.5) is 10.5 Å². The monoisotopic (exact) mass is 483 g/mol. The molecule has 3 rings (SSSR count). The first kappa shape index (κ1) is 25.5. The van der Waals surface area contributed by atoms with E-state index in [1.54, 1.807) is 0 Å². The fourth-order valence-electron chi connectivity index (χ4n) is 3.82. The number of benzene rings is 2. The first-order valence-electron chi connectivity index (χ1n) is 11.2. The molecule has 0 spiro atoms. The van der Waals surface area contributed by atoms with Crippen molar-refractivity contribution in [2.75, 3.05) is 14.2 Å². The van der Waals surface area contributed by atoms with Crippen LogP contribution in [0.15, 0.2) is 47.7 Å². The molecule has 0 saturated carbocycles. The van der Waals surface area contributed by atoms with Crippen LogP contribution in [0.5, 0.6) is 11.5 Å². The first-order chi connectivity index (χ1) is 16.8. The smallest absolute Gasteiger partial charge is 0.337 e. The van der Waals surface area contributed by atoms with Crippen LogP contribution in [-0.2, 0) is 16.1 Å². The minimum atomic E-state index is -0.971. The predicted molar refractivity (Wildman–Crippen MR) is 128 cm³/mol. The number of allylic oxidation sites excluding steroid dienone is 1. The van der Waals surface area contributed by atoms with E-state index in [2.05, 4.69) is 10.6 Å². The molecule has 2 amide bonds. The second-order valence-corrected chi connectivity index (χ2v) is 8.12. The quantitative estimate of drug-likeness (QED) is 0.290. The van der Waals surface area contributed by atoms with Crippen LogP contribution in [0, 0.1) is 17.0 Å². The van der Waals surface area contributed by atoms with E-state index in [1.165, 1.54) is 26.4 Å². The van der Waals surface area contributed by atoms with Gasteiger partial charge in [0.15, 0.2) is 5.75 Å². The number of rotatable bonds is 10. The minimum absolute atomic E-state index is 0.0445. The molecule has 1 atom stereocenters. The number of nitro benzene ring substituents is 1. The highest BCUT2D eigenvalue weighted by molar-refractivity contribution is 5.95. The number of nitrogens with zero attached hydrogens (tertiary/aromatic N) is 1. The lowest BCUT2D eigenvalue weighted by molar-refractivity contribution is -0.386. The molecule has 1 unspecified atom stereocenters. The standard InChI is InChI=1S/C25H29N3O7/c1-5-6-7-18-21(24(29)34-4)22(27-25(30)26-18)17-12-19(28(31)32)23(20(13-17)33-3)35-14-16-10-8-15(2)9-11-16/h8-13,22H,5-7,14H2,1-4H3,(H2,26,27,30). The number of hydrogen-bond acceptors (Lipinski definition) is 7. The van der Waals surface area contributed by atoms with Gasteiger partial charge in [-0.15, -0.1) is 0 Å². The molecule has 1 aliphatic heterocycles. The molecule has 35 heavy (non-hydrogen) atoms. The Bertz CT molecular complexity index is 1140. The first-order valence-corrected chi connectivity index (χ1v) is 11.2. The molecule has 0 aliphatic carbocycles. The molecule has 0 bridgehead atoms. The number of esters is 1. The summed E-state index contributed by atoms with van der Waals surface area (Å²) in [7, 11) is 2.61. The van der Waals surface area contributed by atoms with Crippen LogP contribution in [-0.4, -0.2) is 31.1 Å². The third-order valence-electron chi connectivity index (χ3n) is 5.65. The molecule has 0 fully saturated rings. The van der Waals surface area contributed by atoms with Gasteiger partial charge in [-0.05, 0) is 37.0 Å². The lowest BCUT2D eigenvalue weighted by Gasteiger charge is -2.29. The van der Waals surface area contributed by atoms with Crippen LogP contribution in [0.25, 0.3) is 0 Å².